The van der Waals surface area contributed by atoms with E-state index in [0.29, 0.717) is 18.9 Å². The van der Waals surface area contributed by atoms with E-state index in [1.54, 1.807) is 18.6 Å². The van der Waals surface area contributed by atoms with Gasteiger partial charge in [-0.25, -0.2) is 19.7 Å². The van der Waals surface area contributed by atoms with Crippen LogP contribution in [0.1, 0.15) is 24.6 Å². The lowest BCUT2D eigenvalue weighted by atomic mass is 9.98. The van der Waals surface area contributed by atoms with Gasteiger partial charge in [-0.05, 0) is 12.8 Å². The van der Waals surface area contributed by atoms with E-state index in [1.165, 1.54) is 4.90 Å². The number of nitrogens with zero attached hydrogens (tertiary/aromatic N) is 4. The number of piperidine rings is 1. The highest BCUT2D eigenvalue weighted by molar-refractivity contribution is 5.65. The van der Waals surface area contributed by atoms with Gasteiger partial charge >= 0.3 is 6.09 Å². The van der Waals surface area contributed by atoms with Crippen molar-refractivity contribution in [3.8, 4) is 22.6 Å². The van der Waals surface area contributed by atoms with Crippen molar-refractivity contribution in [2.24, 2.45) is 0 Å². The molecule has 1 aliphatic heterocycles. The van der Waals surface area contributed by atoms with Crippen molar-refractivity contribution in [3.05, 3.63) is 54.7 Å². The van der Waals surface area contributed by atoms with Gasteiger partial charge in [0, 0.05) is 42.5 Å². The molecule has 1 fully saturated rings. The number of benzene rings is 1. The van der Waals surface area contributed by atoms with Crippen LogP contribution in [0.25, 0.3) is 22.6 Å². The van der Waals surface area contributed by atoms with Gasteiger partial charge in [-0.1, -0.05) is 30.3 Å². The number of hydrogen-bond acceptors (Lipinski definition) is 4. The number of amides is 1. The molecule has 1 saturated heterocycles. The average molecular weight is 349 g/mol. The van der Waals surface area contributed by atoms with E-state index in [1.807, 2.05) is 30.3 Å². The first kappa shape index (κ1) is 16.3. The second kappa shape index (κ2) is 6.95. The summed E-state index contributed by atoms with van der Waals surface area (Å²) in [6.45, 7) is 1.07. The standard InChI is InChI=1S/C19H19N5O2/c25-19(26)24-8-4-7-14(12-24)18-22-11-16(23-18)15-9-20-17(21-10-15)13-5-2-1-3-6-13/h1-3,5-6,9-11,14H,4,7-8,12H2,(H,22,23)(H,25,26). The number of likely N-dealkylation sites (tertiary alicyclic amines) is 1. The molecule has 2 N–H and O–H groups in total. The van der Waals surface area contributed by atoms with Crippen LogP contribution in [0.4, 0.5) is 4.79 Å². The molecule has 1 aromatic carbocycles. The molecule has 0 aliphatic carbocycles. The lowest BCUT2D eigenvalue weighted by molar-refractivity contribution is 0.129. The molecule has 0 saturated carbocycles. The molecule has 1 amide bonds. The Kier molecular flexibility index (Phi) is 4.35. The summed E-state index contributed by atoms with van der Waals surface area (Å²) in [5.74, 6) is 1.59. The van der Waals surface area contributed by atoms with Gasteiger partial charge in [0.1, 0.15) is 5.82 Å². The maximum Gasteiger partial charge on any atom is 0.407 e. The zero-order chi connectivity index (χ0) is 17.9. The summed E-state index contributed by atoms with van der Waals surface area (Å²) in [5.41, 5.74) is 2.67. The largest absolute Gasteiger partial charge is 0.465 e. The molecule has 1 unspecified atom stereocenters. The van der Waals surface area contributed by atoms with Gasteiger partial charge in [0.25, 0.3) is 0 Å². The zero-order valence-corrected chi connectivity index (χ0v) is 14.2. The van der Waals surface area contributed by atoms with Crippen LogP contribution in [0.5, 0.6) is 0 Å². The Morgan fingerprint density at radius 3 is 2.58 bits per heavy atom. The van der Waals surface area contributed by atoms with Gasteiger partial charge in [0.2, 0.25) is 0 Å². The number of imidazole rings is 1. The Labute approximate surface area is 150 Å². The highest BCUT2D eigenvalue weighted by Crippen LogP contribution is 2.27. The van der Waals surface area contributed by atoms with Crippen LogP contribution in [0.15, 0.2) is 48.9 Å². The van der Waals surface area contributed by atoms with Crippen molar-refractivity contribution in [2.45, 2.75) is 18.8 Å². The zero-order valence-electron chi connectivity index (χ0n) is 14.2. The van der Waals surface area contributed by atoms with Crippen LogP contribution >= 0.6 is 0 Å². The highest BCUT2D eigenvalue weighted by Gasteiger charge is 2.26. The Hall–Kier alpha value is -3.22. The van der Waals surface area contributed by atoms with Crippen LogP contribution in [-0.2, 0) is 0 Å². The van der Waals surface area contributed by atoms with Crippen LogP contribution in [0.2, 0.25) is 0 Å². The van der Waals surface area contributed by atoms with E-state index < -0.39 is 6.09 Å². The fourth-order valence-electron chi connectivity index (χ4n) is 3.27. The van der Waals surface area contributed by atoms with Gasteiger partial charge in [-0.2, -0.15) is 0 Å². The fraction of sp³-hybridized carbons (Fsp3) is 0.263. The monoisotopic (exact) mass is 349 g/mol. The molecule has 0 radical (unpaired) electrons. The quantitative estimate of drug-likeness (QED) is 0.756. The number of carboxylic acid groups (broad SMARTS) is 1. The van der Waals surface area contributed by atoms with Crippen molar-refractivity contribution < 1.29 is 9.90 Å². The molecular weight excluding hydrogens is 330 g/mol. The van der Waals surface area contributed by atoms with Crippen molar-refractivity contribution in [1.82, 2.24) is 24.8 Å². The molecule has 1 atom stereocenters. The lowest BCUT2D eigenvalue weighted by Gasteiger charge is -2.29. The SMILES string of the molecule is O=C(O)N1CCCC(c2ncc(-c3cnc(-c4ccccc4)nc3)[nH]2)C1. The molecule has 0 bridgehead atoms. The first-order valence-corrected chi connectivity index (χ1v) is 8.61. The second-order valence-electron chi connectivity index (χ2n) is 6.41. The number of rotatable bonds is 3. The minimum Gasteiger partial charge on any atom is -0.465 e. The number of aromatic nitrogens is 4. The van der Waals surface area contributed by atoms with Gasteiger partial charge in [-0.3, -0.25) is 0 Å². The Bertz CT molecular complexity index is 892. The van der Waals surface area contributed by atoms with Crippen LogP contribution in [0, 0.1) is 0 Å². The minimum atomic E-state index is -0.869. The molecular formula is C19H19N5O2. The molecule has 3 heterocycles. The number of carbonyl (C=O) groups is 1. The Morgan fingerprint density at radius 2 is 1.85 bits per heavy atom. The molecule has 4 rings (SSSR count). The molecule has 0 spiro atoms. The number of H-pyrrole nitrogens is 1. The summed E-state index contributed by atoms with van der Waals surface area (Å²) < 4.78 is 0. The van der Waals surface area contributed by atoms with Crippen LogP contribution < -0.4 is 0 Å². The molecule has 132 valence electrons. The average Bonchev–Trinajstić information content (AvgIpc) is 3.19. The maximum atomic E-state index is 11.2. The molecule has 26 heavy (non-hydrogen) atoms. The normalized spacial score (nSPS) is 17.2. The van der Waals surface area contributed by atoms with E-state index in [2.05, 4.69) is 19.9 Å². The fourth-order valence-corrected chi connectivity index (χ4v) is 3.27. The molecule has 2 aromatic heterocycles. The van der Waals surface area contributed by atoms with Crippen molar-refractivity contribution in [3.63, 3.8) is 0 Å². The first-order valence-electron chi connectivity index (χ1n) is 8.61. The molecule has 7 heteroatoms. The second-order valence-corrected chi connectivity index (χ2v) is 6.41. The summed E-state index contributed by atoms with van der Waals surface area (Å²) in [7, 11) is 0. The summed E-state index contributed by atoms with van der Waals surface area (Å²) >= 11 is 0. The van der Waals surface area contributed by atoms with E-state index in [9.17, 15) is 9.90 Å². The first-order chi connectivity index (χ1) is 12.7. The smallest absolute Gasteiger partial charge is 0.407 e. The van der Waals surface area contributed by atoms with Gasteiger partial charge in [-0.15, -0.1) is 0 Å². The topological polar surface area (TPSA) is 95.0 Å². The van der Waals surface area contributed by atoms with Crippen LogP contribution in [0.3, 0.4) is 0 Å². The minimum absolute atomic E-state index is 0.0955. The van der Waals surface area contributed by atoms with Crippen molar-refractivity contribution in [1.29, 1.82) is 0 Å². The number of nitrogens with one attached hydrogen (secondary N) is 1. The Morgan fingerprint density at radius 1 is 1.08 bits per heavy atom. The predicted molar refractivity (Wildman–Crippen MR) is 96.6 cm³/mol. The highest BCUT2D eigenvalue weighted by atomic mass is 16.4. The van der Waals surface area contributed by atoms with E-state index >= 15 is 0 Å². The van der Waals surface area contributed by atoms with E-state index in [4.69, 9.17) is 0 Å². The van der Waals surface area contributed by atoms with Crippen LogP contribution in [-0.4, -0.2) is 49.1 Å². The van der Waals surface area contributed by atoms with Gasteiger partial charge in [0.05, 0.1) is 11.9 Å². The number of hydrogen-bond donors (Lipinski definition) is 2. The van der Waals surface area contributed by atoms with E-state index in [-0.39, 0.29) is 5.92 Å². The van der Waals surface area contributed by atoms with Gasteiger partial charge < -0.3 is 15.0 Å². The molecule has 7 nitrogen and oxygen atoms in total. The summed E-state index contributed by atoms with van der Waals surface area (Å²) in [6.07, 6.45) is 6.22. The maximum absolute atomic E-state index is 11.2. The van der Waals surface area contributed by atoms with Crippen molar-refractivity contribution in [2.75, 3.05) is 13.1 Å². The summed E-state index contributed by atoms with van der Waals surface area (Å²) in [6, 6.07) is 9.82. The molecule has 1 aliphatic rings. The predicted octanol–water partition coefficient (Wildman–Crippen LogP) is 3.39. The molecule has 3 aromatic rings. The summed E-state index contributed by atoms with van der Waals surface area (Å²) in [4.78, 5) is 29.3. The third-order valence-electron chi connectivity index (χ3n) is 4.67. The third kappa shape index (κ3) is 3.28. The summed E-state index contributed by atoms with van der Waals surface area (Å²) in [5, 5.41) is 9.18. The third-order valence-corrected chi connectivity index (χ3v) is 4.67. The number of aromatic amines is 1. The lowest BCUT2D eigenvalue weighted by Crippen LogP contribution is -2.38. The van der Waals surface area contributed by atoms with Gasteiger partial charge in [0.15, 0.2) is 5.82 Å². The van der Waals surface area contributed by atoms with E-state index in [0.717, 1.165) is 35.5 Å². The van der Waals surface area contributed by atoms with Crippen molar-refractivity contribution >= 4 is 6.09 Å². The Balaban J connectivity index is 1.52.